The molecule has 1 aromatic rings. The van der Waals surface area contributed by atoms with Crippen molar-refractivity contribution >= 4 is 0 Å². The number of hydrogen-bond acceptors (Lipinski definition) is 5. The maximum Gasteiger partial charge on any atom is 0.243 e. The number of ether oxygens (including phenoxy) is 1. The van der Waals surface area contributed by atoms with Crippen LogP contribution in [0.1, 0.15) is 49.4 Å². The SMILES string of the molecule is COCCC(N)c1nc(C2CCC2)no1. The lowest BCUT2D eigenvalue weighted by Crippen LogP contribution is -2.14. The van der Waals surface area contributed by atoms with E-state index in [1.54, 1.807) is 7.11 Å². The minimum Gasteiger partial charge on any atom is -0.385 e. The highest BCUT2D eigenvalue weighted by Crippen LogP contribution is 2.34. The Labute approximate surface area is 89.0 Å². The molecule has 0 aromatic carbocycles. The van der Waals surface area contributed by atoms with E-state index in [4.69, 9.17) is 15.0 Å². The first-order valence-corrected chi connectivity index (χ1v) is 5.39. The number of methoxy groups -OCH3 is 1. The van der Waals surface area contributed by atoms with Gasteiger partial charge in [0, 0.05) is 19.6 Å². The Hall–Kier alpha value is -0.940. The minimum atomic E-state index is -0.203. The quantitative estimate of drug-likeness (QED) is 0.796. The molecule has 84 valence electrons. The highest BCUT2D eigenvalue weighted by molar-refractivity contribution is 5.01. The van der Waals surface area contributed by atoms with Gasteiger partial charge < -0.3 is 15.0 Å². The lowest BCUT2D eigenvalue weighted by Gasteiger charge is -2.21. The number of nitrogens with zero attached hydrogens (tertiary/aromatic N) is 2. The summed E-state index contributed by atoms with van der Waals surface area (Å²) in [6.45, 7) is 0.613. The molecule has 1 aliphatic carbocycles. The summed E-state index contributed by atoms with van der Waals surface area (Å²) in [6, 6.07) is -0.203. The monoisotopic (exact) mass is 211 g/mol. The van der Waals surface area contributed by atoms with Gasteiger partial charge >= 0.3 is 0 Å². The highest BCUT2D eigenvalue weighted by Gasteiger charge is 2.25. The van der Waals surface area contributed by atoms with Crippen LogP contribution in [-0.4, -0.2) is 23.9 Å². The number of nitrogens with two attached hydrogens (primary N) is 1. The summed E-state index contributed by atoms with van der Waals surface area (Å²) in [7, 11) is 1.65. The first-order valence-electron chi connectivity index (χ1n) is 5.39. The Kier molecular flexibility index (Phi) is 3.33. The standard InChI is InChI=1S/C10H17N3O2/c1-14-6-5-8(11)10-12-9(13-15-10)7-3-2-4-7/h7-8H,2-6,11H2,1H3. The number of hydrogen-bond donors (Lipinski definition) is 1. The molecule has 1 unspecified atom stereocenters. The van der Waals surface area contributed by atoms with Crippen molar-refractivity contribution < 1.29 is 9.26 Å². The van der Waals surface area contributed by atoms with Gasteiger partial charge in [-0.15, -0.1) is 0 Å². The normalized spacial score (nSPS) is 18.8. The van der Waals surface area contributed by atoms with Crippen LogP contribution in [0.5, 0.6) is 0 Å². The van der Waals surface area contributed by atoms with Gasteiger partial charge in [-0.05, 0) is 19.3 Å². The molecule has 2 rings (SSSR count). The minimum absolute atomic E-state index is 0.203. The molecule has 0 saturated heterocycles. The van der Waals surface area contributed by atoms with E-state index in [9.17, 15) is 0 Å². The molecule has 5 heteroatoms. The molecule has 0 spiro atoms. The Bertz CT molecular complexity index is 309. The summed E-state index contributed by atoms with van der Waals surface area (Å²) < 4.78 is 10.1. The van der Waals surface area contributed by atoms with Gasteiger partial charge in [0.2, 0.25) is 5.89 Å². The summed E-state index contributed by atoms with van der Waals surface area (Å²) in [4.78, 5) is 4.33. The zero-order valence-electron chi connectivity index (χ0n) is 8.98. The smallest absolute Gasteiger partial charge is 0.243 e. The van der Waals surface area contributed by atoms with Crippen molar-refractivity contribution in [3.05, 3.63) is 11.7 Å². The van der Waals surface area contributed by atoms with Gasteiger partial charge in [0.05, 0.1) is 6.04 Å². The topological polar surface area (TPSA) is 74.2 Å². The zero-order chi connectivity index (χ0) is 10.7. The fourth-order valence-corrected chi connectivity index (χ4v) is 1.60. The Morgan fingerprint density at radius 1 is 1.60 bits per heavy atom. The van der Waals surface area contributed by atoms with Crippen LogP contribution >= 0.6 is 0 Å². The first kappa shape index (κ1) is 10.6. The largest absolute Gasteiger partial charge is 0.385 e. The van der Waals surface area contributed by atoms with E-state index in [1.807, 2.05) is 0 Å². The molecule has 5 nitrogen and oxygen atoms in total. The van der Waals surface area contributed by atoms with Gasteiger partial charge in [0.25, 0.3) is 0 Å². The van der Waals surface area contributed by atoms with Crippen molar-refractivity contribution in [3.63, 3.8) is 0 Å². The van der Waals surface area contributed by atoms with E-state index in [1.165, 1.54) is 19.3 Å². The average Bonchev–Trinajstić information content (AvgIpc) is 2.60. The summed E-state index contributed by atoms with van der Waals surface area (Å²) in [5, 5.41) is 3.96. The van der Waals surface area contributed by atoms with Gasteiger partial charge in [-0.1, -0.05) is 11.6 Å². The van der Waals surface area contributed by atoms with Crippen LogP contribution in [-0.2, 0) is 4.74 Å². The second-order valence-electron chi connectivity index (χ2n) is 4.01. The van der Waals surface area contributed by atoms with Crippen molar-refractivity contribution in [1.82, 2.24) is 10.1 Å². The second kappa shape index (κ2) is 4.72. The third kappa shape index (κ3) is 2.35. The Morgan fingerprint density at radius 3 is 3.00 bits per heavy atom. The zero-order valence-corrected chi connectivity index (χ0v) is 8.98. The molecular weight excluding hydrogens is 194 g/mol. The molecule has 2 N–H and O–H groups in total. The fraction of sp³-hybridized carbons (Fsp3) is 0.800. The predicted molar refractivity (Wildman–Crippen MR) is 54.3 cm³/mol. The van der Waals surface area contributed by atoms with Crippen LogP contribution in [0, 0.1) is 0 Å². The molecule has 1 heterocycles. The molecule has 1 atom stereocenters. The van der Waals surface area contributed by atoms with Crippen molar-refractivity contribution in [2.45, 2.75) is 37.6 Å². The summed E-state index contributed by atoms with van der Waals surface area (Å²) in [5.74, 6) is 1.86. The molecular formula is C10H17N3O2. The number of aromatic nitrogens is 2. The third-order valence-electron chi connectivity index (χ3n) is 2.88. The van der Waals surface area contributed by atoms with Crippen LogP contribution in [0.3, 0.4) is 0 Å². The molecule has 0 radical (unpaired) electrons. The average molecular weight is 211 g/mol. The van der Waals surface area contributed by atoms with E-state index in [-0.39, 0.29) is 6.04 Å². The van der Waals surface area contributed by atoms with Gasteiger partial charge in [-0.25, -0.2) is 0 Å². The van der Waals surface area contributed by atoms with Crippen LogP contribution in [0.4, 0.5) is 0 Å². The highest BCUT2D eigenvalue weighted by atomic mass is 16.5. The second-order valence-corrected chi connectivity index (χ2v) is 4.01. The van der Waals surface area contributed by atoms with Crippen molar-refractivity contribution in [2.75, 3.05) is 13.7 Å². The van der Waals surface area contributed by atoms with Crippen molar-refractivity contribution in [1.29, 1.82) is 0 Å². The number of rotatable bonds is 5. The Balaban J connectivity index is 1.93. The van der Waals surface area contributed by atoms with Crippen LogP contribution in [0.2, 0.25) is 0 Å². The molecule has 1 aromatic heterocycles. The van der Waals surface area contributed by atoms with Gasteiger partial charge in [-0.2, -0.15) is 4.98 Å². The molecule has 0 bridgehead atoms. The molecule has 1 saturated carbocycles. The van der Waals surface area contributed by atoms with Crippen LogP contribution in [0.15, 0.2) is 4.52 Å². The summed E-state index contributed by atoms with van der Waals surface area (Å²) in [5.41, 5.74) is 5.88. The molecule has 1 aliphatic rings. The molecule has 1 fully saturated rings. The first-order chi connectivity index (χ1) is 7.31. The maximum absolute atomic E-state index is 5.88. The van der Waals surface area contributed by atoms with E-state index in [2.05, 4.69) is 10.1 Å². The van der Waals surface area contributed by atoms with E-state index in [0.717, 1.165) is 5.82 Å². The summed E-state index contributed by atoms with van der Waals surface area (Å²) >= 11 is 0. The molecule has 0 amide bonds. The van der Waals surface area contributed by atoms with E-state index >= 15 is 0 Å². The Morgan fingerprint density at radius 2 is 2.40 bits per heavy atom. The molecule has 15 heavy (non-hydrogen) atoms. The van der Waals surface area contributed by atoms with Crippen LogP contribution in [0.25, 0.3) is 0 Å². The molecule has 0 aliphatic heterocycles. The van der Waals surface area contributed by atoms with Crippen molar-refractivity contribution in [2.24, 2.45) is 5.73 Å². The maximum atomic E-state index is 5.88. The van der Waals surface area contributed by atoms with Crippen LogP contribution < -0.4 is 5.73 Å². The third-order valence-corrected chi connectivity index (χ3v) is 2.88. The van der Waals surface area contributed by atoms with Crippen molar-refractivity contribution in [3.8, 4) is 0 Å². The predicted octanol–water partition coefficient (Wildman–Crippen LogP) is 1.37. The van der Waals surface area contributed by atoms with E-state index in [0.29, 0.717) is 24.8 Å². The van der Waals surface area contributed by atoms with Gasteiger partial charge in [-0.3, -0.25) is 0 Å². The lowest BCUT2D eigenvalue weighted by atomic mass is 9.85. The van der Waals surface area contributed by atoms with Gasteiger partial charge in [0.1, 0.15) is 0 Å². The summed E-state index contributed by atoms with van der Waals surface area (Å²) in [6.07, 6.45) is 4.33. The van der Waals surface area contributed by atoms with E-state index < -0.39 is 0 Å². The van der Waals surface area contributed by atoms with Gasteiger partial charge in [0.15, 0.2) is 5.82 Å². The lowest BCUT2D eigenvalue weighted by molar-refractivity contribution is 0.182. The fourth-order valence-electron chi connectivity index (χ4n) is 1.60.